The number of carbonyl (C=O) groups is 1. The van der Waals surface area contributed by atoms with Gasteiger partial charge in [0.15, 0.2) is 5.78 Å². The molecule has 0 amide bonds. The monoisotopic (exact) mass is 200 g/mol. The molecule has 0 aliphatic carbocycles. The first-order valence-electron chi connectivity index (χ1n) is 5.05. The molecule has 0 spiro atoms. The molecule has 1 aliphatic heterocycles. The summed E-state index contributed by atoms with van der Waals surface area (Å²) in [5, 5.41) is 0. The van der Waals surface area contributed by atoms with E-state index in [2.05, 4.69) is 16.8 Å². The summed E-state index contributed by atoms with van der Waals surface area (Å²) in [5.41, 5.74) is 0. The summed E-state index contributed by atoms with van der Waals surface area (Å²) in [5.74, 6) is 0.184. The van der Waals surface area contributed by atoms with Crippen molar-refractivity contribution in [2.75, 3.05) is 47.4 Å². The molecule has 1 fully saturated rings. The number of ether oxygens (including phenoxy) is 1. The Morgan fingerprint density at radius 3 is 2.79 bits per heavy atom. The smallest absolute Gasteiger partial charge is 0.176 e. The third-order valence-electron chi connectivity index (χ3n) is 2.73. The third-order valence-corrected chi connectivity index (χ3v) is 2.73. The van der Waals surface area contributed by atoms with Crippen LogP contribution in [0.25, 0.3) is 0 Å². The van der Waals surface area contributed by atoms with E-state index in [1.165, 1.54) is 0 Å². The van der Waals surface area contributed by atoms with Crippen LogP contribution in [-0.4, -0.2) is 69.1 Å². The van der Waals surface area contributed by atoms with E-state index in [1.807, 2.05) is 7.05 Å². The lowest BCUT2D eigenvalue weighted by Gasteiger charge is -2.25. The van der Waals surface area contributed by atoms with E-state index < -0.39 is 0 Å². The van der Waals surface area contributed by atoms with Crippen molar-refractivity contribution in [1.29, 1.82) is 0 Å². The first kappa shape index (κ1) is 11.6. The highest BCUT2D eigenvalue weighted by Crippen LogP contribution is 2.07. The Morgan fingerprint density at radius 2 is 2.14 bits per heavy atom. The van der Waals surface area contributed by atoms with Gasteiger partial charge in [-0.05, 0) is 33.6 Å². The molecular formula is C10H20N2O2. The van der Waals surface area contributed by atoms with Gasteiger partial charge in [-0.2, -0.15) is 0 Å². The van der Waals surface area contributed by atoms with E-state index >= 15 is 0 Å². The minimum atomic E-state index is 0.00227. The van der Waals surface area contributed by atoms with Crippen molar-refractivity contribution in [3.63, 3.8) is 0 Å². The van der Waals surface area contributed by atoms with Crippen LogP contribution in [-0.2, 0) is 9.53 Å². The average Bonchev–Trinajstić information content (AvgIpc) is 2.29. The molecule has 1 unspecified atom stereocenters. The molecule has 4 heteroatoms. The molecule has 1 heterocycles. The fraction of sp³-hybridized carbons (Fsp3) is 0.900. The topological polar surface area (TPSA) is 32.8 Å². The van der Waals surface area contributed by atoms with Crippen LogP contribution in [0.5, 0.6) is 0 Å². The zero-order valence-electron chi connectivity index (χ0n) is 9.32. The molecular weight excluding hydrogens is 180 g/mol. The predicted molar refractivity (Wildman–Crippen MR) is 55.4 cm³/mol. The second-order valence-electron chi connectivity index (χ2n) is 4.01. The van der Waals surface area contributed by atoms with Crippen LogP contribution in [0.2, 0.25) is 0 Å². The Hall–Kier alpha value is -0.450. The number of ketones is 1. The zero-order valence-corrected chi connectivity index (χ0v) is 9.32. The summed E-state index contributed by atoms with van der Waals surface area (Å²) in [6, 6.07) is 0.00227. The van der Waals surface area contributed by atoms with Crippen molar-refractivity contribution in [2.24, 2.45) is 0 Å². The Morgan fingerprint density at radius 1 is 1.43 bits per heavy atom. The van der Waals surface area contributed by atoms with E-state index in [4.69, 9.17) is 4.74 Å². The van der Waals surface area contributed by atoms with Gasteiger partial charge >= 0.3 is 0 Å². The van der Waals surface area contributed by atoms with Crippen molar-refractivity contribution in [1.82, 2.24) is 9.80 Å². The number of methoxy groups -OCH3 is 1. The minimum absolute atomic E-state index is 0.00227. The molecule has 1 aliphatic rings. The van der Waals surface area contributed by atoms with Gasteiger partial charge in [-0.3, -0.25) is 9.69 Å². The number of likely N-dealkylation sites (N-methyl/N-ethyl adjacent to an activating group) is 2. The van der Waals surface area contributed by atoms with Crippen molar-refractivity contribution in [3.05, 3.63) is 0 Å². The summed E-state index contributed by atoms with van der Waals surface area (Å²) in [6.07, 6.45) is 1.13. The molecule has 1 saturated heterocycles. The van der Waals surface area contributed by atoms with Gasteiger partial charge in [0, 0.05) is 13.7 Å². The fourth-order valence-electron chi connectivity index (χ4n) is 1.86. The lowest BCUT2D eigenvalue weighted by Crippen LogP contribution is -2.45. The zero-order chi connectivity index (χ0) is 10.6. The second kappa shape index (κ2) is 5.44. The van der Waals surface area contributed by atoms with E-state index in [-0.39, 0.29) is 18.4 Å². The minimum Gasteiger partial charge on any atom is -0.377 e. The maximum Gasteiger partial charge on any atom is 0.176 e. The normalized spacial score (nSPS) is 26.1. The fourth-order valence-corrected chi connectivity index (χ4v) is 1.86. The summed E-state index contributed by atoms with van der Waals surface area (Å²) in [7, 11) is 5.64. The molecule has 0 saturated carbocycles. The maximum atomic E-state index is 11.7. The molecule has 0 radical (unpaired) electrons. The van der Waals surface area contributed by atoms with E-state index in [0.717, 1.165) is 26.1 Å². The standard InChI is InChI=1S/C10H20N2O2/c1-11-5-4-6-12(2)9(7-11)10(13)8-14-3/h9H,4-8H2,1-3H3. The molecule has 4 nitrogen and oxygen atoms in total. The van der Waals surface area contributed by atoms with Crippen LogP contribution in [0.15, 0.2) is 0 Å². The quantitative estimate of drug-likeness (QED) is 0.633. The number of hydrogen-bond donors (Lipinski definition) is 0. The second-order valence-corrected chi connectivity index (χ2v) is 4.01. The van der Waals surface area contributed by atoms with Gasteiger partial charge in [0.25, 0.3) is 0 Å². The highest BCUT2D eigenvalue weighted by atomic mass is 16.5. The number of rotatable bonds is 3. The number of nitrogens with zero attached hydrogens (tertiary/aromatic N) is 2. The van der Waals surface area contributed by atoms with E-state index in [0.29, 0.717) is 0 Å². The molecule has 0 aromatic carbocycles. The van der Waals surface area contributed by atoms with E-state index in [1.54, 1.807) is 7.11 Å². The van der Waals surface area contributed by atoms with Crippen LogP contribution < -0.4 is 0 Å². The predicted octanol–water partition coefficient (Wildman–Crippen LogP) is -0.162. The summed E-state index contributed by atoms with van der Waals surface area (Å²) in [4.78, 5) is 16.1. The number of carbonyl (C=O) groups excluding carboxylic acids is 1. The number of Topliss-reactive ketones (excluding diaryl/α,β-unsaturated/α-hetero) is 1. The van der Waals surface area contributed by atoms with Crippen LogP contribution in [0.1, 0.15) is 6.42 Å². The lowest BCUT2D eigenvalue weighted by molar-refractivity contribution is -0.127. The molecule has 0 N–H and O–H groups in total. The van der Waals surface area contributed by atoms with Crippen LogP contribution in [0.3, 0.4) is 0 Å². The number of hydrogen-bond acceptors (Lipinski definition) is 4. The van der Waals surface area contributed by atoms with Crippen molar-refractivity contribution in [2.45, 2.75) is 12.5 Å². The molecule has 0 aromatic rings. The van der Waals surface area contributed by atoms with Gasteiger partial charge in [-0.25, -0.2) is 0 Å². The highest BCUT2D eigenvalue weighted by molar-refractivity contribution is 5.85. The summed E-state index contributed by atoms with van der Waals surface area (Å²) >= 11 is 0. The first-order chi connectivity index (χ1) is 6.65. The lowest BCUT2D eigenvalue weighted by atomic mass is 10.1. The molecule has 1 atom stereocenters. The van der Waals surface area contributed by atoms with Gasteiger partial charge < -0.3 is 9.64 Å². The Bertz CT molecular complexity index is 197. The Kier molecular flexibility index (Phi) is 4.51. The first-order valence-corrected chi connectivity index (χ1v) is 5.05. The molecule has 0 aromatic heterocycles. The average molecular weight is 200 g/mol. The largest absolute Gasteiger partial charge is 0.377 e. The highest BCUT2D eigenvalue weighted by Gasteiger charge is 2.26. The Labute approximate surface area is 85.8 Å². The van der Waals surface area contributed by atoms with Gasteiger partial charge in [-0.1, -0.05) is 0 Å². The van der Waals surface area contributed by atoms with Gasteiger partial charge in [0.1, 0.15) is 6.61 Å². The van der Waals surface area contributed by atoms with Crippen molar-refractivity contribution < 1.29 is 9.53 Å². The summed E-state index contributed by atoms with van der Waals surface area (Å²) in [6.45, 7) is 3.10. The van der Waals surface area contributed by atoms with E-state index in [9.17, 15) is 4.79 Å². The third kappa shape index (κ3) is 3.04. The van der Waals surface area contributed by atoms with Crippen LogP contribution >= 0.6 is 0 Å². The molecule has 14 heavy (non-hydrogen) atoms. The van der Waals surface area contributed by atoms with Crippen LogP contribution in [0, 0.1) is 0 Å². The maximum absolute atomic E-state index is 11.7. The van der Waals surface area contributed by atoms with Crippen molar-refractivity contribution >= 4 is 5.78 Å². The SMILES string of the molecule is COCC(=O)C1CN(C)CCCN1C. The Balaban J connectivity index is 2.57. The molecule has 82 valence electrons. The van der Waals surface area contributed by atoms with Gasteiger partial charge in [-0.15, -0.1) is 0 Å². The van der Waals surface area contributed by atoms with Crippen molar-refractivity contribution in [3.8, 4) is 0 Å². The van der Waals surface area contributed by atoms with Gasteiger partial charge in [0.2, 0.25) is 0 Å². The summed E-state index contributed by atoms with van der Waals surface area (Å²) < 4.78 is 4.89. The molecule has 1 rings (SSSR count). The van der Waals surface area contributed by atoms with Gasteiger partial charge in [0.05, 0.1) is 6.04 Å². The molecule has 0 bridgehead atoms. The van der Waals surface area contributed by atoms with Crippen LogP contribution in [0.4, 0.5) is 0 Å².